The highest BCUT2D eigenvalue weighted by Gasteiger charge is 2.14. The summed E-state index contributed by atoms with van der Waals surface area (Å²) in [6.07, 6.45) is 2.83. The lowest BCUT2D eigenvalue weighted by molar-refractivity contribution is -0.127. The number of hydrogen-bond donors (Lipinski definition) is 1. The Morgan fingerprint density at radius 1 is 1.43 bits per heavy atom. The van der Waals surface area contributed by atoms with E-state index in [-0.39, 0.29) is 5.91 Å². The maximum Gasteiger partial charge on any atom is 0.261 e. The first-order valence-electron chi connectivity index (χ1n) is 6.65. The van der Waals surface area contributed by atoms with E-state index in [1.165, 1.54) is 0 Å². The van der Waals surface area contributed by atoms with E-state index in [4.69, 9.17) is 16.3 Å². The predicted octanol–water partition coefficient (Wildman–Crippen LogP) is 3.13. The van der Waals surface area contributed by atoms with E-state index >= 15 is 0 Å². The Bertz CT molecular complexity index is 617. The van der Waals surface area contributed by atoms with Crippen LogP contribution in [0.25, 0.3) is 0 Å². The van der Waals surface area contributed by atoms with E-state index in [1.807, 2.05) is 25.1 Å². The first-order valence-corrected chi connectivity index (χ1v) is 7.03. The highest BCUT2D eigenvalue weighted by molar-refractivity contribution is 6.31. The number of rotatable bonds is 5. The lowest BCUT2D eigenvalue weighted by Crippen LogP contribution is -2.35. The maximum atomic E-state index is 12.0. The minimum absolute atomic E-state index is 0.175. The van der Waals surface area contributed by atoms with E-state index in [0.717, 1.165) is 11.1 Å². The predicted molar refractivity (Wildman–Crippen MR) is 82.4 cm³/mol. The topological polar surface area (TPSA) is 51.2 Å². The Kier molecular flexibility index (Phi) is 5.17. The van der Waals surface area contributed by atoms with Crippen LogP contribution in [0.5, 0.6) is 5.75 Å². The van der Waals surface area contributed by atoms with Crippen LogP contribution in [0.1, 0.15) is 18.1 Å². The van der Waals surface area contributed by atoms with Crippen molar-refractivity contribution >= 4 is 17.5 Å². The second-order valence-electron chi connectivity index (χ2n) is 4.75. The van der Waals surface area contributed by atoms with Crippen LogP contribution in [0.2, 0.25) is 5.02 Å². The molecule has 1 N–H and O–H groups in total. The summed E-state index contributed by atoms with van der Waals surface area (Å²) >= 11 is 5.96. The van der Waals surface area contributed by atoms with Crippen molar-refractivity contribution in [2.24, 2.45) is 0 Å². The van der Waals surface area contributed by atoms with Gasteiger partial charge >= 0.3 is 0 Å². The molecule has 0 spiro atoms. The Labute approximate surface area is 129 Å². The van der Waals surface area contributed by atoms with Crippen molar-refractivity contribution in [1.29, 1.82) is 0 Å². The summed E-state index contributed by atoms with van der Waals surface area (Å²) in [5.41, 5.74) is 1.86. The molecule has 2 aromatic rings. The van der Waals surface area contributed by atoms with E-state index < -0.39 is 6.10 Å². The molecule has 1 heterocycles. The zero-order valence-corrected chi connectivity index (χ0v) is 12.7. The number of nitrogens with one attached hydrogen (secondary N) is 1. The van der Waals surface area contributed by atoms with Gasteiger partial charge in [-0.15, -0.1) is 0 Å². The van der Waals surface area contributed by atoms with E-state index in [9.17, 15) is 4.79 Å². The molecule has 0 bridgehead atoms. The third-order valence-corrected chi connectivity index (χ3v) is 3.43. The molecule has 5 heteroatoms. The van der Waals surface area contributed by atoms with Crippen LogP contribution in [0, 0.1) is 6.92 Å². The number of carbonyl (C=O) groups excluding carboxylic acids is 1. The Hall–Kier alpha value is -2.07. The van der Waals surface area contributed by atoms with Gasteiger partial charge in [-0.3, -0.25) is 9.78 Å². The quantitative estimate of drug-likeness (QED) is 0.923. The molecule has 0 aliphatic heterocycles. The zero-order valence-electron chi connectivity index (χ0n) is 12.0. The molecule has 0 saturated heterocycles. The van der Waals surface area contributed by atoms with Gasteiger partial charge in [0.1, 0.15) is 5.75 Å². The highest BCUT2D eigenvalue weighted by Crippen LogP contribution is 2.21. The average molecular weight is 305 g/mol. The van der Waals surface area contributed by atoms with E-state index in [2.05, 4.69) is 10.3 Å². The van der Waals surface area contributed by atoms with Gasteiger partial charge in [0.25, 0.3) is 5.91 Å². The summed E-state index contributed by atoms with van der Waals surface area (Å²) in [6, 6.07) is 9.05. The molecule has 2 rings (SSSR count). The van der Waals surface area contributed by atoms with Gasteiger partial charge in [0.2, 0.25) is 0 Å². The van der Waals surface area contributed by atoms with Crippen LogP contribution in [-0.2, 0) is 11.3 Å². The number of hydrogen-bond acceptors (Lipinski definition) is 3. The Morgan fingerprint density at radius 3 is 2.90 bits per heavy atom. The molecule has 0 saturated carbocycles. The van der Waals surface area contributed by atoms with Gasteiger partial charge in [-0.25, -0.2) is 0 Å². The lowest BCUT2D eigenvalue weighted by atomic mass is 10.2. The van der Waals surface area contributed by atoms with Gasteiger partial charge in [0.05, 0.1) is 0 Å². The average Bonchev–Trinajstić information content (AvgIpc) is 2.49. The van der Waals surface area contributed by atoms with Gasteiger partial charge in [-0.1, -0.05) is 17.7 Å². The van der Waals surface area contributed by atoms with Crippen LogP contribution in [0.15, 0.2) is 42.7 Å². The molecule has 1 atom stereocenters. The number of aromatic nitrogens is 1. The number of aryl methyl sites for hydroxylation is 1. The van der Waals surface area contributed by atoms with Crippen molar-refractivity contribution in [3.63, 3.8) is 0 Å². The monoisotopic (exact) mass is 304 g/mol. The van der Waals surface area contributed by atoms with Gasteiger partial charge in [-0.05, 0) is 49.2 Å². The Morgan fingerprint density at radius 2 is 2.24 bits per heavy atom. The smallest absolute Gasteiger partial charge is 0.261 e. The molecular formula is C16H17ClN2O2. The lowest BCUT2D eigenvalue weighted by Gasteiger charge is -2.15. The first kappa shape index (κ1) is 15.3. The Balaban J connectivity index is 1.88. The third kappa shape index (κ3) is 4.46. The number of carbonyl (C=O) groups is 1. The summed E-state index contributed by atoms with van der Waals surface area (Å²) in [6.45, 7) is 4.03. The van der Waals surface area contributed by atoms with Gasteiger partial charge in [0, 0.05) is 24.0 Å². The molecule has 0 radical (unpaired) electrons. The zero-order chi connectivity index (χ0) is 15.2. The van der Waals surface area contributed by atoms with Crippen molar-refractivity contribution < 1.29 is 9.53 Å². The molecular weight excluding hydrogens is 288 g/mol. The first-order chi connectivity index (χ1) is 10.1. The van der Waals surface area contributed by atoms with Crippen LogP contribution in [-0.4, -0.2) is 17.0 Å². The molecule has 4 nitrogen and oxygen atoms in total. The second-order valence-corrected chi connectivity index (χ2v) is 5.16. The van der Waals surface area contributed by atoms with Gasteiger partial charge in [0.15, 0.2) is 6.10 Å². The standard InChI is InChI=1S/C16H17ClN2O2/c1-11-8-14(5-6-15(11)17)21-12(2)16(20)19-10-13-4-3-7-18-9-13/h3-9,12H,10H2,1-2H3,(H,19,20)/t12-/m1/s1. The molecule has 21 heavy (non-hydrogen) atoms. The van der Waals surface area contributed by atoms with Crippen molar-refractivity contribution in [2.75, 3.05) is 0 Å². The minimum Gasteiger partial charge on any atom is -0.481 e. The molecule has 1 aromatic heterocycles. The third-order valence-electron chi connectivity index (χ3n) is 3.00. The fraction of sp³-hybridized carbons (Fsp3) is 0.250. The number of pyridine rings is 1. The second kappa shape index (κ2) is 7.09. The molecule has 110 valence electrons. The van der Waals surface area contributed by atoms with Crippen LogP contribution < -0.4 is 10.1 Å². The summed E-state index contributed by atoms with van der Waals surface area (Å²) in [7, 11) is 0. The number of benzene rings is 1. The largest absolute Gasteiger partial charge is 0.481 e. The van der Waals surface area contributed by atoms with Crippen molar-refractivity contribution in [3.05, 3.63) is 58.9 Å². The van der Waals surface area contributed by atoms with E-state index in [0.29, 0.717) is 17.3 Å². The number of nitrogens with zero attached hydrogens (tertiary/aromatic N) is 1. The normalized spacial score (nSPS) is 11.8. The van der Waals surface area contributed by atoms with Gasteiger partial charge < -0.3 is 10.1 Å². The van der Waals surface area contributed by atoms with Crippen LogP contribution in [0.3, 0.4) is 0 Å². The van der Waals surface area contributed by atoms with Crippen LogP contribution >= 0.6 is 11.6 Å². The fourth-order valence-electron chi connectivity index (χ4n) is 1.78. The molecule has 1 amide bonds. The molecule has 0 aliphatic carbocycles. The van der Waals surface area contributed by atoms with Crippen molar-refractivity contribution in [3.8, 4) is 5.75 Å². The van der Waals surface area contributed by atoms with Crippen LogP contribution in [0.4, 0.5) is 0 Å². The number of ether oxygens (including phenoxy) is 1. The summed E-state index contributed by atoms with van der Waals surface area (Å²) in [4.78, 5) is 16.0. The van der Waals surface area contributed by atoms with E-state index in [1.54, 1.807) is 31.5 Å². The highest BCUT2D eigenvalue weighted by atomic mass is 35.5. The summed E-state index contributed by atoms with van der Waals surface area (Å²) in [5, 5.41) is 3.49. The SMILES string of the molecule is Cc1cc(O[C@H](C)C(=O)NCc2cccnc2)ccc1Cl. The molecule has 0 unspecified atom stereocenters. The molecule has 0 aliphatic rings. The molecule has 0 fully saturated rings. The molecule has 1 aromatic carbocycles. The van der Waals surface area contributed by atoms with Crippen molar-refractivity contribution in [2.45, 2.75) is 26.5 Å². The number of amides is 1. The minimum atomic E-state index is -0.581. The van der Waals surface area contributed by atoms with Gasteiger partial charge in [-0.2, -0.15) is 0 Å². The fourth-order valence-corrected chi connectivity index (χ4v) is 1.90. The summed E-state index contributed by atoms with van der Waals surface area (Å²) < 4.78 is 5.61. The van der Waals surface area contributed by atoms with Crippen molar-refractivity contribution in [1.82, 2.24) is 10.3 Å². The summed E-state index contributed by atoms with van der Waals surface area (Å²) in [5.74, 6) is 0.451. The number of halogens is 1. The maximum absolute atomic E-state index is 12.0.